The van der Waals surface area contributed by atoms with Gasteiger partial charge in [-0.15, -0.1) is 0 Å². The molecule has 2 heterocycles. The van der Waals surface area contributed by atoms with Gasteiger partial charge in [0.2, 0.25) is 0 Å². The van der Waals surface area contributed by atoms with Crippen molar-refractivity contribution >= 4 is 21.7 Å². The molecule has 0 aliphatic heterocycles. The lowest BCUT2D eigenvalue weighted by Crippen LogP contribution is -2.40. The Morgan fingerprint density at radius 1 is 1.00 bits per heavy atom. The Kier molecular flexibility index (Phi) is 6.65. The van der Waals surface area contributed by atoms with E-state index in [2.05, 4.69) is 21.6 Å². The van der Waals surface area contributed by atoms with Crippen LogP contribution in [-0.2, 0) is 22.9 Å². The number of sulfonamides is 1. The minimum Gasteiger partial charge on any atom is -0.337 e. The molecule has 0 radical (unpaired) electrons. The molecule has 4 aromatic rings. The normalized spacial score (nSPS) is 11.5. The smallest absolute Gasteiger partial charge is 0.328 e. The van der Waals surface area contributed by atoms with Crippen molar-refractivity contribution in [2.24, 2.45) is 0 Å². The highest BCUT2D eigenvalue weighted by Crippen LogP contribution is 2.27. The van der Waals surface area contributed by atoms with Crippen molar-refractivity contribution in [3.8, 4) is 11.3 Å². The molecule has 9 heteroatoms. The Morgan fingerprint density at radius 3 is 2.38 bits per heavy atom. The van der Waals surface area contributed by atoms with E-state index in [4.69, 9.17) is 4.98 Å². The molecule has 8 nitrogen and oxygen atoms in total. The molecule has 2 amide bonds. The van der Waals surface area contributed by atoms with Crippen LogP contribution >= 0.6 is 0 Å². The molecule has 0 unspecified atom stereocenters. The number of rotatable bonds is 7. The first-order chi connectivity index (χ1) is 16.3. The number of imidazole rings is 1. The molecule has 2 aromatic carbocycles. The van der Waals surface area contributed by atoms with Crippen LogP contribution in [-0.4, -0.2) is 35.4 Å². The first kappa shape index (κ1) is 23.4. The number of nitrogens with one attached hydrogen (secondary N) is 2. The van der Waals surface area contributed by atoms with Gasteiger partial charge in [0.15, 0.2) is 5.65 Å². The van der Waals surface area contributed by atoms with Crippen molar-refractivity contribution < 1.29 is 13.2 Å². The lowest BCUT2D eigenvalue weighted by molar-refractivity contribution is 0.246. The topological polar surface area (TPSA) is 105 Å². The number of amides is 2. The molecule has 0 spiro atoms. The van der Waals surface area contributed by atoms with Gasteiger partial charge in [0, 0.05) is 18.3 Å². The van der Waals surface area contributed by atoms with Gasteiger partial charge in [-0.3, -0.25) is 9.38 Å². The summed E-state index contributed by atoms with van der Waals surface area (Å²) in [6.45, 7) is 6.33. The Bertz CT molecular complexity index is 1430. The predicted octanol–water partition coefficient (Wildman–Crippen LogP) is 3.81. The zero-order chi connectivity index (χ0) is 24.3. The van der Waals surface area contributed by atoms with Gasteiger partial charge in [-0.25, -0.2) is 22.9 Å². The quantitative estimate of drug-likeness (QED) is 0.421. The Morgan fingerprint density at radius 2 is 1.71 bits per heavy atom. The fraction of sp³-hybridized carbons (Fsp3) is 0.240. The predicted molar refractivity (Wildman–Crippen MR) is 131 cm³/mol. The summed E-state index contributed by atoms with van der Waals surface area (Å²) in [7, 11) is -3.89. The average Bonchev–Trinajstić information content (AvgIpc) is 3.18. The maximum atomic E-state index is 12.2. The lowest BCUT2D eigenvalue weighted by Gasteiger charge is -2.10. The number of fused-ring (bicyclic) bond motifs is 1. The summed E-state index contributed by atoms with van der Waals surface area (Å²) < 4.78 is 28.6. The second kappa shape index (κ2) is 9.64. The van der Waals surface area contributed by atoms with Crippen molar-refractivity contribution in [1.29, 1.82) is 0 Å². The van der Waals surface area contributed by atoms with E-state index in [9.17, 15) is 13.2 Å². The molecular formula is C25H27N5O3S. The number of aromatic nitrogens is 3. The van der Waals surface area contributed by atoms with Crippen LogP contribution in [0.5, 0.6) is 0 Å². The Balaban J connectivity index is 1.42. The van der Waals surface area contributed by atoms with Gasteiger partial charge in [-0.1, -0.05) is 49.4 Å². The summed E-state index contributed by atoms with van der Waals surface area (Å²) in [5, 5.41) is 2.60. The van der Waals surface area contributed by atoms with E-state index in [1.807, 2.05) is 49.0 Å². The van der Waals surface area contributed by atoms with E-state index in [1.54, 1.807) is 18.2 Å². The minimum atomic E-state index is -3.89. The van der Waals surface area contributed by atoms with Crippen LogP contribution in [0.2, 0.25) is 0 Å². The van der Waals surface area contributed by atoms with E-state index < -0.39 is 16.1 Å². The van der Waals surface area contributed by atoms with Gasteiger partial charge in [0.25, 0.3) is 10.0 Å². The summed E-state index contributed by atoms with van der Waals surface area (Å²) in [6, 6.07) is 15.1. The molecule has 0 saturated heterocycles. The molecule has 2 aromatic heterocycles. The highest BCUT2D eigenvalue weighted by Gasteiger charge is 2.17. The zero-order valence-electron chi connectivity index (χ0n) is 19.4. The summed E-state index contributed by atoms with van der Waals surface area (Å²) in [5.41, 5.74) is 6.84. The summed E-state index contributed by atoms with van der Waals surface area (Å²) in [5.74, 6) is 0. The average molecular weight is 478 g/mol. The van der Waals surface area contributed by atoms with Crippen molar-refractivity contribution in [2.75, 3.05) is 6.54 Å². The number of urea groups is 1. The van der Waals surface area contributed by atoms with Gasteiger partial charge in [-0.05, 0) is 44.4 Å². The fourth-order valence-electron chi connectivity index (χ4n) is 3.91. The van der Waals surface area contributed by atoms with E-state index in [0.717, 1.165) is 46.0 Å². The number of benzene rings is 2. The largest absolute Gasteiger partial charge is 0.337 e. The molecule has 0 atom stereocenters. The molecule has 0 bridgehead atoms. The van der Waals surface area contributed by atoms with E-state index >= 15 is 0 Å². The van der Waals surface area contributed by atoms with Crippen molar-refractivity contribution in [2.45, 2.75) is 38.5 Å². The van der Waals surface area contributed by atoms with Crippen LogP contribution in [0.15, 0.2) is 65.7 Å². The van der Waals surface area contributed by atoms with Crippen molar-refractivity contribution in [3.05, 3.63) is 83.4 Å². The van der Waals surface area contributed by atoms with Crippen LogP contribution in [0.4, 0.5) is 4.79 Å². The van der Waals surface area contributed by atoms with Gasteiger partial charge >= 0.3 is 6.03 Å². The summed E-state index contributed by atoms with van der Waals surface area (Å²) in [4.78, 5) is 21.4. The summed E-state index contributed by atoms with van der Waals surface area (Å²) >= 11 is 0. The number of aryl methyl sites for hydroxylation is 3. The second-order valence-electron chi connectivity index (χ2n) is 8.04. The molecule has 34 heavy (non-hydrogen) atoms. The molecule has 0 aliphatic carbocycles. The van der Waals surface area contributed by atoms with Crippen molar-refractivity contribution in [3.63, 3.8) is 0 Å². The molecule has 4 rings (SSSR count). The maximum Gasteiger partial charge on any atom is 0.328 e. The lowest BCUT2D eigenvalue weighted by atomic mass is 10.0. The van der Waals surface area contributed by atoms with Gasteiger partial charge in [0.1, 0.15) is 0 Å². The fourth-order valence-corrected chi connectivity index (χ4v) is 4.86. The van der Waals surface area contributed by atoms with Gasteiger partial charge < -0.3 is 5.32 Å². The third kappa shape index (κ3) is 4.94. The second-order valence-corrected chi connectivity index (χ2v) is 9.73. The highest BCUT2D eigenvalue weighted by atomic mass is 32.2. The van der Waals surface area contributed by atoms with Crippen molar-refractivity contribution in [1.82, 2.24) is 24.4 Å². The minimum absolute atomic E-state index is 0.0424. The number of hydrogen-bond donors (Lipinski definition) is 2. The van der Waals surface area contributed by atoms with Gasteiger partial charge in [0.05, 0.1) is 27.7 Å². The highest BCUT2D eigenvalue weighted by molar-refractivity contribution is 7.90. The van der Waals surface area contributed by atoms with Crippen LogP contribution < -0.4 is 10.0 Å². The zero-order valence-corrected chi connectivity index (χ0v) is 20.2. The number of hydrogen-bond acceptors (Lipinski definition) is 5. The number of carbonyl (C=O) groups excluding carboxylic acids is 1. The molecule has 0 fully saturated rings. The molecule has 2 N–H and O–H groups in total. The molecule has 176 valence electrons. The van der Waals surface area contributed by atoms with Crippen LogP contribution in [0, 0.1) is 13.8 Å². The Hall–Kier alpha value is -3.72. The van der Waals surface area contributed by atoms with Gasteiger partial charge in [-0.2, -0.15) is 0 Å². The van der Waals surface area contributed by atoms with Crippen LogP contribution in [0.3, 0.4) is 0 Å². The number of carbonyl (C=O) groups is 1. The third-order valence-corrected chi connectivity index (χ3v) is 6.86. The molecular weight excluding hydrogens is 450 g/mol. The summed E-state index contributed by atoms with van der Waals surface area (Å²) in [6.07, 6.45) is 3.38. The SMILES string of the molecule is CCc1nc2c(C)nc(C)cn2c1-c1ccc(CCNC(=O)NS(=O)(=O)c2ccccc2)cc1. The first-order valence-electron chi connectivity index (χ1n) is 11.1. The number of nitrogens with zero attached hydrogens (tertiary/aromatic N) is 3. The van der Waals surface area contributed by atoms with Crippen LogP contribution in [0.25, 0.3) is 16.9 Å². The van der Waals surface area contributed by atoms with E-state index in [1.165, 1.54) is 12.1 Å². The Labute approximate surface area is 199 Å². The molecule has 0 saturated carbocycles. The maximum absolute atomic E-state index is 12.2. The first-order valence-corrected chi connectivity index (χ1v) is 12.6. The van der Waals surface area contributed by atoms with E-state index in [0.29, 0.717) is 13.0 Å². The third-order valence-electron chi connectivity index (χ3n) is 5.51. The molecule has 0 aliphatic rings. The monoisotopic (exact) mass is 477 g/mol. The van der Waals surface area contributed by atoms with E-state index in [-0.39, 0.29) is 4.90 Å². The standard InChI is InChI=1S/C25H27N5O3S/c1-4-22-23(30-16-17(2)27-18(3)24(30)28-22)20-12-10-19(11-13-20)14-15-26-25(31)29-34(32,33)21-8-6-5-7-9-21/h5-13,16H,4,14-15H2,1-3H3,(H2,26,29,31). The van der Waals surface area contributed by atoms with Crippen LogP contribution in [0.1, 0.15) is 29.6 Å².